The standard InChI is InChI=1S/C9H17NO2.H2/c1-3-9(11)10-7-5-6-8-12-4-2;/h3H,1,4-8H2,2H3,(H,10,11);1H. The molecular formula is C9H19NO2. The molecule has 0 spiro atoms. The van der Waals surface area contributed by atoms with Crippen molar-refractivity contribution >= 4 is 5.91 Å². The molecule has 0 fully saturated rings. The van der Waals surface area contributed by atoms with Gasteiger partial charge in [-0.25, -0.2) is 0 Å². The molecule has 0 aliphatic rings. The first-order valence-corrected chi connectivity index (χ1v) is 4.29. The minimum absolute atomic E-state index is 0. The molecule has 0 aliphatic heterocycles. The Kier molecular flexibility index (Phi) is 7.70. The lowest BCUT2D eigenvalue weighted by molar-refractivity contribution is -0.116. The molecule has 0 atom stereocenters. The van der Waals surface area contributed by atoms with Gasteiger partial charge in [0.1, 0.15) is 0 Å². The van der Waals surface area contributed by atoms with Crippen molar-refractivity contribution in [1.29, 1.82) is 0 Å². The largest absolute Gasteiger partial charge is 0.382 e. The van der Waals surface area contributed by atoms with Gasteiger partial charge in [0, 0.05) is 21.2 Å². The monoisotopic (exact) mass is 173 g/mol. The summed E-state index contributed by atoms with van der Waals surface area (Å²) in [7, 11) is 0. The Morgan fingerprint density at radius 3 is 3.00 bits per heavy atom. The van der Waals surface area contributed by atoms with E-state index >= 15 is 0 Å². The van der Waals surface area contributed by atoms with E-state index in [1.165, 1.54) is 6.08 Å². The molecule has 3 nitrogen and oxygen atoms in total. The van der Waals surface area contributed by atoms with Crippen LogP contribution in [-0.4, -0.2) is 25.7 Å². The smallest absolute Gasteiger partial charge is 0.243 e. The van der Waals surface area contributed by atoms with Crippen LogP contribution in [0.4, 0.5) is 0 Å². The summed E-state index contributed by atoms with van der Waals surface area (Å²) in [5.41, 5.74) is 0. The van der Waals surface area contributed by atoms with Gasteiger partial charge in [-0.2, -0.15) is 0 Å². The highest BCUT2D eigenvalue weighted by Crippen LogP contribution is 1.87. The van der Waals surface area contributed by atoms with Crippen LogP contribution in [0.15, 0.2) is 12.7 Å². The number of nitrogens with one attached hydrogen (secondary N) is 1. The summed E-state index contributed by atoms with van der Waals surface area (Å²) < 4.78 is 5.13. The second-order valence-electron chi connectivity index (χ2n) is 2.40. The zero-order valence-electron chi connectivity index (χ0n) is 7.64. The van der Waals surface area contributed by atoms with Crippen LogP contribution in [0.5, 0.6) is 0 Å². The molecule has 0 aromatic rings. The van der Waals surface area contributed by atoms with Gasteiger partial charge in [-0.1, -0.05) is 6.58 Å². The maximum Gasteiger partial charge on any atom is 0.243 e. The molecule has 0 saturated heterocycles. The average molecular weight is 173 g/mol. The zero-order valence-corrected chi connectivity index (χ0v) is 7.64. The molecule has 0 aliphatic carbocycles. The molecule has 0 radical (unpaired) electrons. The highest BCUT2D eigenvalue weighted by atomic mass is 16.5. The number of ether oxygens (including phenoxy) is 1. The van der Waals surface area contributed by atoms with Crippen LogP contribution < -0.4 is 5.32 Å². The Balaban J connectivity index is 0. The minimum Gasteiger partial charge on any atom is -0.382 e. The molecule has 3 heteroatoms. The maximum atomic E-state index is 10.6. The third-order valence-electron chi connectivity index (χ3n) is 1.40. The molecule has 0 rings (SSSR count). The van der Waals surface area contributed by atoms with E-state index in [9.17, 15) is 4.79 Å². The van der Waals surface area contributed by atoms with Crippen LogP contribution in [0.3, 0.4) is 0 Å². The van der Waals surface area contributed by atoms with Crippen LogP contribution in [0.1, 0.15) is 21.2 Å². The first-order valence-electron chi connectivity index (χ1n) is 4.29. The topological polar surface area (TPSA) is 38.3 Å². The van der Waals surface area contributed by atoms with Crippen LogP contribution >= 0.6 is 0 Å². The number of unbranched alkanes of at least 4 members (excludes halogenated alkanes) is 1. The van der Waals surface area contributed by atoms with Crippen molar-refractivity contribution in [2.24, 2.45) is 0 Å². The average Bonchev–Trinajstić information content (AvgIpc) is 2.10. The Labute approximate surface area is 75.3 Å². The first kappa shape index (κ1) is 11.2. The Morgan fingerprint density at radius 2 is 2.42 bits per heavy atom. The van der Waals surface area contributed by atoms with Crippen LogP contribution in [0.25, 0.3) is 0 Å². The van der Waals surface area contributed by atoms with Gasteiger partial charge in [-0.3, -0.25) is 4.79 Å². The van der Waals surface area contributed by atoms with Crippen molar-refractivity contribution in [3.8, 4) is 0 Å². The van der Waals surface area contributed by atoms with E-state index in [0.29, 0.717) is 6.54 Å². The van der Waals surface area contributed by atoms with Gasteiger partial charge >= 0.3 is 0 Å². The van der Waals surface area contributed by atoms with E-state index in [0.717, 1.165) is 26.1 Å². The summed E-state index contributed by atoms with van der Waals surface area (Å²) in [6, 6.07) is 0. The first-order chi connectivity index (χ1) is 5.81. The van der Waals surface area contributed by atoms with Gasteiger partial charge in [0.05, 0.1) is 0 Å². The van der Waals surface area contributed by atoms with E-state index < -0.39 is 0 Å². The predicted molar refractivity (Wildman–Crippen MR) is 51.0 cm³/mol. The van der Waals surface area contributed by atoms with Gasteiger partial charge in [0.15, 0.2) is 0 Å². The molecule has 72 valence electrons. The highest BCUT2D eigenvalue weighted by Gasteiger charge is 1.92. The molecule has 0 unspecified atom stereocenters. The fraction of sp³-hybridized carbons (Fsp3) is 0.667. The molecule has 1 amide bonds. The van der Waals surface area contributed by atoms with E-state index in [1.807, 2.05) is 6.92 Å². The molecule has 1 N–H and O–H groups in total. The van der Waals surface area contributed by atoms with Crippen molar-refractivity contribution in [3.63, 3.8) is 0 Å². The summed E-state index contributed by atoms with van der Waals surface area (Å²) in [4.78, 5) is 10.6. The number of hydrogen-bond donors (Lipinski definition) is 1. The second kappa shape index (κ2) is 8.27. The lowest BCUT2D eigenvalue weighted by atomic mass is 10.3. The Morgan fingerprint density at radius 1 is 1.67 bits per heavy atom. The minimum atomic E-state index is -0.105. The summed E-state index contributed by atoms with van der Waals surface area (Å²) in [5, 5.41) is 2.70. The van der Waals surface area contributed by atoms with Gasteiger partial charge in [-0.15, -0.1) is 0 Å². The number of rotatable bonds is 7. The number of hydrogen-bond acceptors (Lipinski definition) is 2. The molecule has 0 saturated carbocycles. The molecule has 12 heavy (non-hydrogen) atoms. The summed E-state index contributed by atoms with van der Waals surface area (Å²) >= 11 is 0. The number of carbonyl (C=O) groups excluding carboxylic acids is 1. The van der Waals surface area contributed by atoms with Gasteiger partial charge in [0.25, 0.3) is 0 Å². The van der Waals surface area contributed by atoms with Gasteiger partial charge < -0.3 is 10.1 Å². The van der Waals surface area contributed by atoms with E-state index in [2.05, 4.69) is 11.9 Å². The van der Waals surface area contributed by atoms with Crippen molar-refractivity contribution in [2.75, 3.05) is 19.8 Å². The SMILES string of the molecule is C=CC(=O)NCCCCOCC.[HH]. The molecule has 0 bridgehead atoms. The summed E-state index contributed by atoms with van der Waals surface area (Å²) in [6.07, 6.45) is 3.23. The normalized spacial score (nSPS) is 9.42. The van der Waals surface area contributed by atoms with Crippen molar-refractivity contribution < 1.29 is 11.0 Å². The molecule has 0 heterocycles. The molecule has 0 aromatic heterocycles. The molecular weight excluding hydrogens is 154 g/mol. The highest BCUT2D eigenvalue weighted by molar-refractivity contribution is 5.86. The van der Waals surface area contributed by atoms with Gasteiger partial charge in [0.2, 0.25) is 5.91 Å². The lowest BCUT2D eigenvalue weighted by Gasteiger charge is -2.02. The van der Waals surface area contributed by atoms with Gasteiger partial charge in [-0.05, 0) is 25.8 Å². The quantitative estimate of drug-likeness (QED) is 0.466. The fourth-order valence-corrected chi connectivity index (χ4v) is 0.757. The Bertz CT molecular complexity index is 140. The fourth-order valence-electron chi connectivity index (χ4n) is 0.757. The maximum absolute atomic E-state index is 10.6. The third-order valence-corrected chi connectivity index (χ3v) is 1.40. The van der Waals surface area contributed by atoms with Crippen molar-refractivity contribution in [2.45, 2.75) is 19.8 Å². The number of amides is 1. The third kappa shape index (κ3) is 7.28. The van der Waals surface area contributed by atoms with Crippen LogP contribution in [0.2, 0.25) is 0 Å². The van der Waals surface area contributed by atoms with Crippen molar-refractivity contribution in [3.05, 3.63) is 12.7 Å². The lowest BCUT2D eigenvalue weighted by Crippen LogP contribution is -2.22. The molecule has 0 aromatic carbocycles. The summed E-state index contributed by atoms with van der Waals surface area (Å²) in [6.45, 7) is 7.57. The zero-order chi connectivity index (χ0) is 9.23. The van der Waals surface area contributed by atoms with Crippen molar-refractivity contribution in [1.82, 2.24) is 5.32 Å². The van der Waals surface area contributed by atoms with E-state index in [-0.39, 0.29) is 7.33 Å². The number of carbonyl (C=O) groups is 1. The Hall–Kier alpha value is -0.830. The second-order valence-corrected chi connectivity index (χ2v) is 2.40. The predicted octanol–water partition coefficient (Wildman–Crippen LogP) is 1.35. The van der Waals surface area contributed by atoms with E-state index in [4.69, 9.17) is 4.74 Å². The van der Waals surface area contributed by atoms with Crippen LogP contribution in [0, 0.1) is 0 Å². The van der Waals surface area contributed by atoms with E-state index in [1.54, 1.807) is 0 Å². The summed E-state index contributed by atoms with van der Waals surface area (Å²) in [5.74, 6) is -0.105. The van der Waals surface area contributed by atoms with Crippen LogP contribution in [-0.2, 0) is 9.53 Å².